The molecule has 0 saturated carbocycles. The summed E-state index contributed by atoms with van der Waals surface area (Å²) in [5, 5.41) is 1.07. The first-order valence-electron chi connectivity index (χ1n) is 6.56. The zero-order valence-electron chi connectivity index (χ0n) is 11.6. The Morgan fingerprint density at radius 3 is 2.52 bits per heavy atom. The van der Waals surface area contributed by atoms with Crippen molar-refractivity contribution >= 4 is 45.8 Å². The monoisotopic (exact) mass is 338 g/mol. The van der Waals surface area contributed by atoms with Gasteiger partial charge in [0.05, 0.1) is 27.1 Å². The summed E-state index contributed by atoms with van der Waals surface area (Å²) in [7, 11) is 0. The van der Waals surface area contributed by atoms with Gasteiger partial charge in [0, 0.05) is 5.02 Å². The van der Waals surface area contributed by atoms with Crippen LogP contribution in [0.4, 0.5) is 0 Å². The molecular weight excluding hydrogens is 327 g/mol. The molecule has 0 radical (unpaired) electrons. The number of nitrogens with zero attached hydrogens (tertiary/aromatic N) is 2. The molecule has 1 atom stereocenters. The van der Waals surface area contributed by atoms with E-state index in [1.165, 1.54) is 0 Å². The summed E-state index contributed by atoms with van der Waals surface area (Å²) in [6.07, 6.45) is 0. The van der Waals surface area contributed by atoms with Crippen molar-refractivity contribution < 1.29 is 0 Å². The van der Waals surface area contributed by atoms with E-state index in [1.807, 2.05) is 54.8 Å². The molecule has 3 aromatic rings. The van der Waals surface area contributed by atoms with Crippen LogP contribution in [-0.4, -0.2) is 9.55 Å². The molecule has 0 aliphatic rings. The summed E-state index contributed by atoms with van der Waals surface area (Å²) in [6, 6.07) is 11.5. The van der Waals surface area contributed by atoms with Gasteiger partial charge in [-0.15, -0.1) is 11.6 Å². The molecule has 0 aliphatic heterocycles. The summed E-state index contributed by atoms with van der Waals surface area (Å²) in [5.74, 6) is 0.750. The molecule has 2 nitrogen and oxygen atoms in total. The second kappa shape index (κ2) is 5.53. The first kappa shape index (κ1) is 14.7. The lowest BCUT2D eigenvalue weighted by Crippen LogP contribution is -2.02. The highest BCUT2D eigenvalue weighted by molar-refractivity contribution is 6.33. The summed E-state index contributed by atoms with van der Waals surface area (Å²) in [6.45, 7) is 3.90. The van der Waals surface area contributed by atoms with E-state index in [0.29, 0.717) is 10.0 Å². The van der Waals surface area contributed by atoms with E-state index >= 15 is 0 Å². The number of hydrogen-bond donors (Lipinski definition) is 0. The summed E-state index contributed by atoms with van der Waals surface area (Å²) in [4.78, 5) is 4.61. The largest absolute Gasteiger partial charge is 0.293 e. The molecule has 2 aromatic carbocycles. The third kappa shape index (κ3) is 2.64. The number of benzene rings is 2. The Hall–Kier alpha value is -1.22. The van der Waals surface area contributed by atoms with Crippen molar-refractivity contribution in [2.24, 2.45) is 0 Å². The molecular formula is C16H13Cl3N2. The maximum atomic E-state index is 6.41. The molecule has 3 rings (SSSR count). The Morgan fingerprint density at radius 1 is 1.10 bits per heavy atom. The van der Waals surface area contributed by atoms with Crippen molar-refractivity contribution in [1.82, 2.24) is 9.55 Å². The molecule has 21 heavy (non-hydrogen) atoms. The zero-order valence-corrected chi connectivity index (χ0v) is 13.8. The maximum Gasteiger partial charge on any atom is 0.132 e. The summed E-state index contributed by atoms with van der Waals surface area (Å²) in [5.41, 5.74) is 3.70. The lowest BCUT2D eigenvalue weighted by atomic mass is 10.2. The van der Waals surface area contributed by atoms with E-state index in [-0.39, 0.29) is 5.38 Å². The van der Waals surface area contributed by atoms with E-state index in [4.69, 9.17) is 34.8 Å². The van der Waals surface area contributed by atoms with Gasteiger partial charge in [-0.25, -0.2) is 4.98 Å². The molecule has 0 N–H and O–H groups in total. The zero-order chi connectivity index (χ0) is 15.1. The predicted molar refractivity (Wildman–Crippen MR) is 90.1 cm³/mol. The molecule has 1 unspecified atom stereocenters. The molecule has 1 aromatic heterocycles. The summed E-state index contributed by atoms with van der Waals surface area (Å²) >= 11 is 18.8. The fourth-order valence-electron chi connectivity index (χ4n) is 2.38. The Kier molecular flexibility index (Phi) is 3.87. The van der Waals surface area contributed by atoms with Crippen LogP contribution in [0.5, 0.6) is 0 Å². The Labute approximate surface area is 138 Å². The van der Waals surface area contributed by atoms with Crippen molar-refractivity contribution in [2.75, 3.05) is 0 Å². The predicted octanol–water partition coefficient (Wildman–Crippen LogP) is 5.94. The van der Waals surface area contributed by atoms with E-state index in [2.05, 4.69) is 4.98 Å². The molecule has 0 fully saturated rings. The smallest absolute Gasteiger partial charge is 0.132 e. The number of fused-ring (bicyclic) bond motifs is 1. The first-order valence-corrected chi connectivity index (χ1v) is 7.75. The van der Waals surface area contributed by atoms with Gasteiger partial charge in [-0.05, 0) is 49.7 Å². The minimum Gasteiger partial charge on any atom is -0.293 e. The van der Waals surface area contributed by atoms with Crippen LogP contribution in [0.3, 0.4) is 0 Å². The van der Waals surface area contributed by atoms with Gasteiger partial charge in [0.25, 0.3) is 0 Å². The fraction of sp³-hybridized carbons (Fsp3) is 0.188. The SMILES string of the molecule is Cc1ccc(-n2c(C(C)Cl)nc3ccc(Cl)cc32)c(Cl)c1. The second-order valence-electron chi connectivity index (χ2n) is 5.01. The average molecular weight is 340 g/mol. The molecule has 1 heterocycles. The van der Waals surface area contributed by atoms with Crippen LogP contribution in [0.2, 0.25) is 10.0 Å². The fourth-order valence-corrected chi connectivity index (χ4v) is 3.01. The number of rotatable bonds is 2. The number of halogens is 3. The van der Waals surface area contributed by atoms with E-state index in [9.17, 15) is 0 Å². The van der Waals surface area contributed by atoms with Crippen LogP contribution < -0.4 is 0 Å². The molecule has 0 aliphatic carbocycles. The number of alkyl halides is 1. The highest BCUT2D eigenvalue weighted by Gasteiger charge is 2.18. The Morgan fingerprint density at radius 2 is 1.86 bits per heavy atom. The van der Waals surface area contributed by atoms with E-state index in [0.717, 1.165) is 28.1 Å². The molecule has 108 valence electrons. The Balaban J connectivity index is 2.38. The van der Waals surface area contributed by atoms with Crippen molar-refractivity contribution in [3.8, 4) is 5.69 Å². The van der Waals surface area contributed by atoms with Gasteiger partial charge in [0.2, 0.25) is 0 Å². The van der Waals surface area contributed by atoms with E-state index in [1.54, 1.807) is 0 Å². The topological polar surface area (TPSA) is 17.8 Å². The molecule has 0 amide bonds. The van der Waals surface area contributed by atoms with Crippen LogP contribution in [0.15, 0.2) is 36.4 Å². The molecule has 0 saturated heterocycles. The van der Waals surface area contributed by atoms with Gasteiger partial charge < -0.3 is 0 Å². The van der Waals surface area contributed by atoms with Crippen LogP contribution in [-0.2, 0) is 0 Å². The molecule has 5 heteroatoms. The maximum absolute atomic E-state index is 6.41. The lowest BCUT2D eigenvalue weighted by Gasteiger charge is -2.13. The minimum absolute atomic E-state index is 0.242. The third-order valence-electron chi connectivity index (χ3n) is 3.34. The van der Waals surface area contributed by atoms with Gasteiger partial charge in [-0.2, -0.15) is 0 Å². The highest BCUT2D eigenvalue weighted by Crippen LogP contribution is 2.32. The van der Waals surface area contributed by atoms with Gasteiger partial charge >= 0.3 is 0 Å². The van der Waals surface area contributed by atoms with Crippen molar-refractivity contribution in [3.63, 3.8) is 0 Å². The Bertz CT molecular complexity index is 822. The number of aromatic nitrogens is 2. The molecule has 0 bridgehead atoms. The highest BCUT2D eigenvalue weighted by atomic mass is 35.5. The average Bonchev–Trinajstić information content (AvgIpc) is 2.77. The first-order chi connectivity index (χ1) is 9.97. The molecule has 0 spiro atoms. The van der Waals surface area contributed by atoms with Gasteiger partial charge in [0.15, 0.2) is 0 Å². The minimum atomic E-state index is -0.242. The van der Waals surface area contributed by atoms with E-state index < -0.39 is 0 Å². The van der Waals surface area contributed by atoms with Crippen molar-refractivity contribution in [1.29, 1.82) is 0 Å². The lowest BCUT2D eigenvalue weighted by molar-refractivity contribution is 0.882. The summed E-state index contributed by atoms with van der Waals surface area (Å²) < 4.78 is 1.97. The third-order valence-corrected chi connectivity index (χ3v) is 4.08. The van der Waals surface area contributed by atoms with Crippen LogP contribution in [0, 0.1) is 6.92 Å². The van der Waals surface area contributed by atoms with Gasteiger partial charge in [-0.3, -0.25) is 4.57 Å². The number of aryl methyl sites for hydroxylation is 1. The van der Waals surface area contributed by atoms with Crippen LogP contribution in [0.1, 0.15) is 23.7 Å². The van der Waals surface area contributed by atoms with Gasteiger partial charge in [-0.1, -0.05) is 29.3 Å². The quantitative estimate of drug-likeness (QED) is 0.528. The second-order valence-corrected chi connectivity index (χ2v) is 6.51. The van der Waals surface area contributed by atoms with Gasteiger partial charge in [0.1, 0.15) is 5.82 Å². The number of hydrogen-bond acceptors (Lipinski definition) is 1. The van der Waals surface area contributed by atoms with Crippen molar-refractivity contribution in [3.05, 3.63) is 57.8 Å². The van der Waals surface area contributed by atoms with Crippen LogP contribution >= 0.6 is 34.8 Å². The number of imidazole rings is 1. The van der Waals surface area contributed by atoms with Crippen LogP contribution in [0.25, 0.3) is 16.7 Å². The standard InChI is InChI=1S/C16H13Cl3N2/c1-9-3-6-14(12(19)7-9)21-15-8-11(18)4-5-13(15)20-16(21)10(2)17/h3-8,10H,1-2H3. The normalized spacial score (nSPS) is 12.8. The van der Waals surface area contributed by atoms with Crippen molar-refractivity contribution in [2.45, 2.75) is 19.2 Å².